The molecule has 0 atom stereocenters. The normalized spacial score (nSPS) is 11.3. The Bertz CT molecular complexity index is 402. The molecule has 1 heterocycles. The summed E-state index contributed by atoms with van der Waals surface area (Å²) >= 11 is 0. The van der Waals surface area contributed by atoms with E-state index in [9.17, 15) is 8.78 Å². The molecule has 0 bridgehead atoms. The molecule has 1 rings (SSSR count). The van der Waals surface area contributed by atoms with Gasteiger partial charge in [-0.1, -0.05) is 13.8 Å². The minimum Gasteiger partial charge on any atom is -0.375 e. The number of nitrogens with zero attached hydrogens (tertiary/aromatic N) is 2. The molecular formula is C15H25F2N3O. The maximum absolute atomic E-state index is 12.0. The summed E-state index contributed by atoms with van der Waals surface area (Å²) in [6, 6.07) is 0. The molecule has 0 aliphatic carbocycles. The third-order valence-electron chi connectivity index (χ3n) is 3.23. The average molecular weight is 301 g/mol. The SMILES string of the molecule is CCc1nc(CCOCC(F)F)nc(CC)c1CCNC. The summed E-state index contributed by atoms with van der Waals surface area (Å²) in [6.07, 6.45) is 0.649. The van der Waals surface area contributed by atoms with E-state index in [0.717, 1.165) is 37.2 Å². The van der Waals surface area contributed by atoms with Crippen LogP contribution in [-0.4, -0.2) is 43.2 Å². The minimum atomic E-state index is -2.42. The number of aryl methyl sites for hydroxylation is 2. The zero-order valence-corrected chi connectivity index (χ0v) is 13.1. The molecule has 0 aliphatic rings. The third-order valence-corrected chi connectivity index (χ3v) is 3.23. The predicted octanol–water partition coefficient (Wildman–Crippen LogP) is 2.19. The van der Waals surface area contributed by atoms with Crippen LogP contribution in [0.25, 0.3) is 0 Å². The highest BCUT2D eigenvalue weighted by Crippen LogP contribution is 2.14. The topological polar surface area (TPSA) is 47.0 Å². The number of nitrogens with one attached hydrogen (secondary N) is 1. The van der Waals surface area contributed by atoms with E-state index in [2.05, 4.69) is 29.1 Å². The summed E-state index contributed by atoms with van der Waals surface area (Å²) in [4.78, 5) is 9.13. The fraction of sp³-hybridized carbons (Fsp3) is 0.733. The Hall–Kier alpha value is -1.14. The number of rotatable bonds is 10. The lowest BCUT2D eigenvalue weighted by molar-refractivity contribution is 0.0182. The first-order valence-electron chi connectivity index (χ1n) is 7.50. The van der Waals surface area contributed by atoms with E-state index in [0.29, 0.717) is 12.2 Å². The van der Waals surface area contributed by atoms with Crippen molar-refractivity contribution in [3.05, 3.63) is 22.8 Å². The number of hydrogen-bond donors (Lipinski definition) is 1. The second-order valence-electron chi connectivity index (χ2n) is 4.79. The van der Waals surface area contributed by atoms with Gasteiger partial charge in [-0.05, 0) is 38.4 Å². The van der Waals surface area contributed by atoms with Crippen LogP contribution in [0, 0.1) is 0 Å². The summed E-state index contributed by atoms with van der Waals surface area (Å²) in [5, 5.41) is 3.14. The Morgan fingerprint density at radius 2 is 1.71 bits per heavy atom. The molecule has 0 unspecified atom stereocenters. The fourth-order valence-electron chi connectivity index (χ4n) is 2.21. The highest BCUT2D eigenvalue weighted by molar-refractivity contribution is 5.27. The first-order chi connectivity index (χ1) is 10.1. The molecule has 0 aliphatic heterocycles. The van der Waals surface area contributed by atoms with Gasteiger partial charge in [0, 0.05) is 17.8 Å². The van der Waals surface area contributed by atoms with Gasteiger partial charge in [-0.2, -0.15) is 0 Å². The number of alkyl halides is 2. The number of aromatic nitrogens is 2. The summed E-state index contributed by atoms with van der Waals surface area (Å²) in [6.45, 7) is 4.73. The lowest BCUT2D eigenvalue weighted by atomic mass is 10.0. The van der Waals surface area contributed by atoms with E-state index in [1.165, 1.54) is 5.56 Å². The first kappa shape index (κ1) is 17.9. The molecule has 0 amide bonds. The number of likely N-dealkylation sites (N-methyl/N-ethyl adjacent to an activating group) is 1. The molecule has 0 aromatic carbocycles. The number of halogens is 2. The van der Waals surface area contributed by atoms with Gasteiger partial charge in [-0.25, -0.2) is 18.7 Å². The molecule has 4 nitrogen and oxygen atoms in total. The van der Waals surface area contributed by atoms with Crippen molar-refractivity contribution < 1.29 is 13.5 Å². The van der Waals surface area contributed by atoms with Crippen molar-refractivity contribution in [2.45, 2.75) is 46.0 Å². The Morgan fingerprint density at radius 1 is 1.10 bits per heavy atom. The van der Waals surface area contributed by atoms with Crippen LogP contribution >= 0.6 is 0 Å². The second-order valence-corrected chi connectivity index (χ2v) is 4.79. The fourth-order valence-corrected chi connectivity index (χ4v) is 2.21. The monoisotopic (exact) mass is 301 g/mol. The van der Waals surface area contributed by atoms with Crippen LogP contribution < -0.4 is 5.32 Å². The van der Waals surface area contributed by atoms with E-state index in [-0.39, 0.29) is 6.61 Å². The molecule has 1 aromatic heterocycles. The Kier molecular flexibility index (Phi) is 8.30. The van der Waals surface area contributed by atoms with E-state index in [1.807, 2.05) is 7.05 Å². The molecule has 0 fully saturated rings. The van der Waals surface area contributed by atoms with Gasteiger partial charge in [0.2, 0.25) is 0 Å². The van der Waals surface area contributed by atoms with Crippen LogP contribution in [0.4, 0.5) is 8.78 Å². The van der Waals surface area contributed by atoms with Crippen LogP contribution in [0.5, 0.6) is 0 Å². The van der Waals surface area contributed by atoms with Gasteiger partial charge in [0.25, 0.3) is 6.43 Å². The minimum absolute atomic E-state index is 0.229. The molecule has 120 valence electrons. The quantitative estimate of drug-likeness (QED) is 0.673. The van der Waals surface area contributed by atoms with Gasteiger partial charge in [0.05, 0.1) is 6.61 Å². The van der Waals surface area contributed by atoms with Crippen molar-refractivity contribution in [2.24, 2.45) is 0 Å². The standard InChI is InChI=1S/C15H25F2N3O/c1-4-12-11(6-8-18-3)13(5-2)20-15(19-12)7-9-21-10-14(16)17/h14,18H,4-10H2,1-3H3. The summed E-state index contributed by atoms with van der Waals surface area (Å²) < 4.78 is 28.9. The first-order valence-corrected chi connectivity index (χ1v) is 7.50. The van der Waals surface area contributed by atoms with Gasteiger partial charge < -0.3 is 10.1 Å². The van der Waals surface area contributed by atoms with Crippen LogP contribution in [0.2, 0.25) is 0 Å². The predicted molar refractivity (Wildman–Crippen MR) is 78.9 cm³/mol. The van der Waals surface area contributed by atoms with Gasteiger partial charge >= 0.3 is 0 Å². The molecule has 0 radical (unpaired) electrons. The van der Waals surface area contributed by atoms with E-state index in [1.54, 1.807) is 0 Å². The van der Waals surface area contributed by atoms with Gasteiger partial charge in [-0.3, -0.25) is 0 Å². The maximum atomic E-state index is 12.0. The molecular weight excluding hydrogens is 276 g/mol. The Balaban J connectivity index is 2.77. The van der Waals surface area contributed by atoms with Gasteiger partial charge in [-0.15, -0.1) is 0 Å². The second kappa shape index (κ2) is 9.73. The van der Waals surface area contributed by atoms with Crippen LogP contribution in [0.3, 0.4) is 0 Å². The molecule has 1 aromatic rings. The van der Waals surface area contributed by atoms with Crippen LogP contribution in [0.15, 0.2) is 0 Å². The van der Waals surface area contributed by atoms with Crippen molar-refractivity contribution in [1.82, 2.24) is 15.3 Å². The molecule has 0 saturated heterocycles. The highest BCUT2D eigenvalue weighted by atomic mass is 19.3. The lowest BCUT2D eigenvalue weighted by Crippen LogP contribution is -2.17. The van der Waals surface area contributed by atoms with Crippen molar-refractivity contribution in [1.29, 1.82) is 0 Å². The highest BCUT2D eigenvalue weighted by Gasteiger charge is 2.12. The van der Waals surface area contributed by atoms with Gasteiger partial charge in [0.15, 0.2) is 0 Å². The zero-order valence-electron chi connectivity index (χ0n) is 13.1. The van der Waals surface area contributed by atoms with Crippen molar-refractivity contribution in [3.63, 3.8) is 0 Å². The molecule has 0 saturated carbocycles. The molecule has 0 spiro atoms. The number of hydrogen-bond acceptors (Lipinski definition) is 4. The van der Waals surface area contributed by atoms with Gasteiger partial charge in [0.1, 0.15) is 12.4 Å². The van der Waals surface area contributed by atoms with Crippen molar-refractivity contribution in [2.75, 3.05) is 26.8 Å². The third kappa shape index (κ3) is 6.01. The number of ether oxygens (including phenoxy) is 1. The van der Waals surface area contributed by atoms with E-state index >= 15 is 0 Å². The Morgan fingerprint density at radius 3 is 2.19 bits per heavy atom. The Labute approximate surface area is 125 Å². The maximum Gasteiger partial charge on any atom is 0.261 e. The smallest absolute Gasteiger partial charge is 0.261 e. The average Bonchev–Trinajstić information content (AvgIpc) is 2.48. The molecule has 1 N–H and O–H groups in total. The van der Waals surface area contributed by atoms with Crippen LogP contribution in [-0.2, 0) is 30.4 Å². The summed E-state index contributed by atoms with van der Waals surface area (Å²) in [5.74, 6) is 0.686. The van der Waals surface area contributed by atoms with E-state index in [4.69, 9.17) is 4.74 Å². The molecule has 6 heteroatoms. The van der Waals surface area contributed by atoms with Crippen LogP contribution in [0.1, 0.15) is 36.6 Å². The van der Waals surface area contributed by atoms with Crippen molar-refractivity contribution in [3.8, 4) is 0 Å². The lowest BCUT2D eigenvalue weighted by Gasteiger charge is -2.14. The van der Waals surface area contributed by atoms with E-state index < -0.39 is 13.0 Å². The largest absolute Gasteiger partial charge is 0.375 e. The molecule has 21 heavy (non-hydrogen) atoms. The van der Waals surface area contributed by atoms with Crippen molar-refractivity contribution >= 4 is 0 Å². The zero-order chi connectivity index (χ0) is 15.7. The summed E-state index contributed by atoms with van der Waals surface area (Å²) in [5.41, 5.74) is 3.33. The summed E-state index contributed by atoms with van der Waals surface area (Å²) in [7, 11) is 1.92.